The van der Waals surface area contributed by atoms with Gasteiger partial charge in [0.2, 0.25) is 5.91 Å². The number of aliphatic hydroxyl groups excluding tert-OH is 1. The predicted molar refractivity (Wildman–Crippen MR) is 105 cm³/mol. The van der Waals surface area contributed by atoms with Gasteiger partial charge in [0.1, 0.15) is 0 Å². The maximum absolute atomic E-state index is 12.9. The first kappa shape index (κ1) is 23.1. The van der Waals surface area contributed by atoms with E-state index in [1.165, 1.54) is 24.3 Å². The van der Waals surface area contributed by atoms with Crippen LogP contribution in [0, 0.1) is 24.0 Å². The van der Waals surface area contributed by atoms with Gasteiger partial charge in [0.05, 0.1) is 11.0 Å². The number of aliphatic hydroxyl groups is 1. The van der Waals surface area contributed by atoms with E-state index in [2.05, 4.69) is 20.4 Å². The maximum atomic E-state index is 12.9. The Balaban J connectivity index is 1.62. The quantitative estimate of drug-likeness (QED) is 0.415. The van der Waals surface area contributed by atoms with Crippen molar-refractivity contribution >= 4 is 17.4 Å². The Morgan fingerprint density at radius 3 is 2.50 bits per heavy atom. The Bertz CT molecular complexity index is 1160. The third-order valence-corrected chi connectivity index (χ3v) is 4.89. The van der Waals surface area contributed by atoms with Gasteiger partial charge in [-0.05, 0) is 43.5 Å². The summed E-state index contributed by atoms with van der Waals surface area (Å²) in [5, 5.41) is 26.9. The summed E-state index contributed by atoms with van der Waals surface area (Å²) in [5.74, 6) is -1.85. The van der Waals surface area contributed by atoms with Gasteiger partial charge in [-0.15, -0.1) is 5.10 Å². The highest BCUT2D eigenvalue weighted by atomic mass is 19.4. The number of aryl methyl sites for hydroxylation is 2. The Hall–Kier alpha value is -3.61. The number of carbonyl (C=O) groups excluding carboxylic acids is 1. The van der Waals surface area contributed by atoms with Gasteiger partial charge >= 0.3 is 6.18 Å². The molecule has 3 rings (SSSR count). The zero-order valence-electron chi connectivity index (χ0n) is 17.0. The topological polar surface area (TPSA) is 136 Å². The van der Waals surface area contributed by atoms with Gasteiger partial charge in [-0.25, -0.2) is 9.50 Å². The molecule has 0 spiro atoms. The molecule has 0 saturated heterocycles. The molecule has 1 amide bonds. The number of rotatable bonds is 7. The molecule has 0 fully saturated rings. The molecule has 10 nitrogen and oxygen atoms in total. The third-order valence-electron chi connectivity index (χ3n) is 4.89. The Morgan fingerprint density at radius 1 is 1.25 bits per heavy atom. The third kappa shape index (κ3) is 4.99. The van der Waals surface area contributed by atoms with E-state index in [9.17, 15) is 33.2 Å². The normalized spacial score (nSPS) is 12.7. The molecule has 32 heavy (non-hydrogen) atoms. The van der Waals surface area contributed by atoms with E-state index in [1.807, 2.05) is 0 Å². The number of alkyl halides is 3. The summed E-state index contributed by atoms with van der Waals surface area (Å²) in [4.78, 5) is 29.8. The molecule has 0 aliphatic heterocycles. The van der Waals surface area contributed by atoms with Gasteiger partial charge in [0, 0.05) is 36.5 Å². The zero-order valence-corrected chi connectivity index (χ0v) is 17.0. The largest absolute Gasteiger partial charge is 0.453 e. The summed E-state index contributed by atoms with van der Waals surface area (Å²) in [7, 11) is 0. The van der Waals surface area contributed by atoms with Gasteiger partial charge in [-0.1, -0.05) is 0 Å². The molecule has 2 N–H and O–H groups in total. The van der Waals surface area contributed by atoms with Crippen LogP contribution in [-0.4, -0.2) is 42.1 Å². The predicted octanol–water partition coefficient (Wildman–Crippen LogP) is 2.45. The number of nitrogens with one attached hydrogen (secondary N) is 1. The number of non-ortho nitro benzene ring substituents is 1. The molecule has 170 valence electrons. The van der Waals surface area contributed by atoms with E-state index in [0.717, 1.165) is 4.52 Å². The number of nitro benzene ring substituents is 1. The lowest BCUT2D eigenvalue weighted by atomic mass is 10.1. The number of halogens is 3. The number of aromatic nitrogens is 4. The van der Waals surface area contributed by atoms with Crippen LogP contribution in [0.1, 0.15) is 40.9 Å². The molecule has 3 aromatic rings. The van der Waals surface area contributed by atoms with Crippen LogP contribution >= 0.6 is 0 Å². The number of fused-ring (bicyclic) bond motifs is 1. The van der Waals surface area contributed by atoms with Crippen molar-refractivity contribution in [1.82, 2.24) is 24.9 Å². The summed E-state index contributed by atoms with van der Waals surface area (Å²) in [6, 6.07) is 5.30. The van der Waals surface area contributed by atoms with Crippen LogP contribution < -0.4 is 5.32 Å². The molecule has 13 heteroatoms. The summed E-state index contributed by atoms with van der Waals surface area (Å²) < 4.78 is 39.6. The first-order valence-electron chi connectivity index (χ1n) is 9.46. The number of hydrogen-bond donors (Lipinski definition) is 2. The molecule has 2 aromatic heterocycles. The van der Waals surface area contributed by atoms with Crippen LogP contribution in [0.2, 0.25) is 0 Å². The van der Waals surface area contributed by atoms with E-state index < -0.39 is 23.0 Å². The van der Waals surface area contributed by atoms with Crippen LogP contribution in [0.3, 0.4) is 0 Å². The van der Waals surface area contributed by atoms with Crippen molar-refractivity contribution in [3.63, 3.8) is 0 Å². The van der Waals surface area contributed by atoms with Gasteiger partial charge in [-0.3, -0.25) is 14.9 Å². The number of hydrogen-bond acceptors (Lipinski definition) is 7. The molecule has 0 bridgehead atoms. The minimum absolute atomic E-state index is 0.00265. The van der Waals surface area contributed by atoms with Crippen molar-refractivity contribution < 1.29 is 28.0 Å². The average molecular weight is 452 g/mol. The van der Waals surface area contributed by atoms with Crippen molar-refractivity contribution in [2.45, 2.75) is 39.0 Å². The number of benzene rings is 1. The molecule has 0 radical (unpaired) electrons. The first-order valence-corrected chi connectivity index (χ1v) is 9.46. The molecule has 0 aliphatic rings. The van der Waals surface area contributed by atoms with Crippen LogP contribution in [0.5, 0.6) is 0 Å². The van der Waals surface area contributed by atoms with Crippen molar-refractivity contribution in [2.75, 3.05) is 6.54 Å². The molecule has 2 heterocycles. The second-order valence-electron chi connectivity index (χ2n) is 7.07. The van der Waals surface area contributed by atoms with Crippen molar-refractivity contribution in [3.05, 3.63) is 62.7 Å². The molecular formula is C19H19F3N6O4. The summed E-state index contributed by atoms with van der Waals surface area (Å²) in [6.45, 7) is 3.08. The zero-order chi connectivity index (χ0) is 23.6. The van der Waals surface area contributed by atoms with Crippen LogP contribution in [0.15, 0.2) is 24.3 Å². The summed E-state index contributed by atoms with van der Waals surface area (Å²) in [6.07, 6.45) is -5.56. The minimum atomic E-state index is -4.70. The smallest absolute Gasteiger partial charge is 0.387 e. The highest BCUT2D eigenvalue weighted by molar-refractivity contribution is 5.76. The fourth-order valence-corrected chi connectivity index (χ4v) is 3.16. The number of carbonyl (C=O) groups is 1. The minimum Gasteiger partial charge on any atom is -0.387 e. The number of nitro groups is 1. The lowest BCUT2D eigenvalue weighted by Crippen LogP contribution is -2.28. The van der Waals surface area contributed by atoms with Gasteiger partial charge in [0.25, 0.3) is 17.3 Å². The van der Waals surface area contributed by atoms with Gasteiger partial charge < -0.3 is 10.4 Å². The Kier molecular flexibility index (Phi) is 6.39. The van der Waals surface area contributed by atoms with Crippen molar-refractivity contribution in [1.29, 1.82) is 0 Å². The highest BCUT2D eigenvalue weighted by Gasteiger charge is 2.37. The molecular weight excluding hydrogens is 433 g/mol. The second kappa shape index (κ2) is 8.86. The standard InChI is InChI=1S/C19H19F3N6O4/c1-10-14(11(2)27-18(24-10)25-17(26-27)19(20,21)22)7-8-16(30)23-9-15(29)12-3-5-13(6-4-12)28(31)32/h3-6,15,29H,7-9H2,1-2H3,(H,23,30)/t15-/m1/s1. The van der Waals surface area contributed by atoms with E-state index in [4.69, 9.17) is 0 Å². The molecule has 0 aliphatic carbocycles. The van der Waals surface area contributed by atoms with E-state index in [0.29, 0.717) is 22.5 Å². The fourth-order valence-electron chi connectivity index (χ4n) is 3.16. The summed E-state index contributed by atoms with van der Waals surface area (Å²) >= 11 is 0. The van der Waals surface area contributed by atoms with Crippen molar-refractivity contribution in [2.24, 2.45) is 0 Å². The molecule has 1 aromatic carbocycles. The second-order valence-corrected chi connectivity index (χ2v) is 7.07. The van der Waals surface area contributed by atoms with E-state index in [-0.39, 0.29) is 36.8 Å². The monoisotopic (exact) mass is 452 g/mol. The van der Waals surface area contributed by atoms with Crippen LogP contribution in [-0.2, 0) is 17.4 Å². The van der Waals surface area contributed by atoms with Crippen LogP contribution in [0.4, 0.5) is 18.9 Å². The molecule has 0 unspecified atom stereocenters. The van der Waals surface area contributed by atoms with E-state index >= 15 is 0 Å². The lowest BCUT2D eigenvalue weighted by Gasteiger charge is -2.13. The number of amides is 1. The van der Waals surface area contributed by atoms with Gasteiger partial charge in [0.15, 0.2) is 0 Å². The fraction of sp³-hybridized carbons (Fsp3) is 0.368. The van der Waals surface area contributed by atoms with E-state index in [1.54, 1.807) is 13.8 Å². The SMILES string of the molecule is Cc1nc2nc(C(F)(F)F)nn2c(C)c1CCC(=O)NC[C@@H](O)c1ccc([N+](=O)[O-])cc1. The van der Waals surface area contributed by atoms with Crippen LogP contribution in [0.25, 0.3) is 5.78 Å². The lowest BCUT2D eigenvalue weighted by molar-refractivity contribution is -0.384. The van der Waals surface area contributed by atoms with Crippen molar-refractivity contribution in [3.8, 4) is 0 Å². The maximum Gasteiger partial charge on any atom is 0.453 e. The highest BCUT2D eigenvalue weighted by Crippen LogP contribution is 2.27. The molecule has 0 saturated carbocycles. The van der Waals surface area contributed by atoms with Gasteiger partial charge in [-0.2, -0.15) is 18.2 Å². The first-order chi connectivity index (χ1) is 15.0. The average Bonchev–Trinajstić information content (AvgIpc) is 3.16. The Labute approximate surface area is 179 Å². The summed E-state index contributed by atoms with van der Waals surface area (Å²) in [5.41, 5.74) is 1.70. The Morgan fingerprint density at radius 2 is 1.91 bits per heavy atom. The number of nitrogens with zero attached hydrogens (tertiary/aromatic N) is 5. The molecule has 1 atom stereocenters.